The first-order valence-electron chi connectivity index (χ1n) is 7.84. The van der Waals surface area contributed by atoms with Crippen molar-refractivity contribution in [1.29, 1.82) is 0 Å². The van der Waals surface area contributed by atoms with Gasteiger partial charge in [0.05, 0.1) is 6.10 Å². The molecule has 0 bridgehead atoms. The number of thiophene rings is 1. The van der Waals surface area contributed by atoms with Crippen LogP contribution in [0.25, 0.3) is 0 Å². The van der Waals surface area contributed by atoms with Crippen LogP contribution in [0.3, 0.4) is 0 Å². The average Bonchev–Trinajstić information content (AvgIpc) is 3.04. The zero-order chi connectivity index (χ0) is 17.6. The lowest BCUT2D eigenvalue weighted by atomic mass is 10.1. The molecule has 130 valence electrons. The number of nitrogens with one attached hydrogen (secondary N) is 2. The number of amides is 2. The Morgan fingerprint density at radius 1 is 1.25 bits per heavy atom. The number of para-hydroxylation sites is 1. The Morgan fingerprint density at radius 2 is 2.00 bits per heavy atom. The lowest BCUT2D eigenvalue weighted by Gasteiger charge is -2.23. The molecule has 1 heterocycles. The quantitative estimate of drug-likeness (QED) is 0.749. The molecule has 5 nitrogen and oxygen atoms in total. The smallest absolute Gasteiger partial charge is 0.315 e. The molecule has 0 saturated carbocycles. The van der Waals surface area contributed by atoms with Gasteiger partial charge in [-0.25, -0.2) is 4.79 Å². The Labute approximate surface area is 146 Å². The van der Waals surface area contributed by atoms with Crippen LogP contribution in [-0.2, 0) is 6.54 Å². The molecule has 2 amide bonds. The van der Waals surface area contributed by atoms with E-state index in [0.717, 1.165) is 16.9 Å². The van der Waals surface area contributed by atoms with E-state index in [1.54, 1.807) is 0 Å². The molecule has 0 radical (unpaired) electrons. The van der Waals surface area contributed by atoms with Crippen molar-refractivity contribution < 1.29 is 14.6 Å². The highest BCUT2D eigenvalue weighted by Crippen LogP contribution is 2.22. The summed E-state index contributed by atoms with van der Waals surface area (Å²) >= 11 is 1.51. The number of hydrogen-bond donors (Lipinski definition) is 3. The first-order valence-corrected chi connectivity index (χ1v) is 8.78. The standard InChI is InChI=1S/C18H24N2O3S/c1-18(2,3)23-16-7-5-4-6-13(16)10-19-17(22)20-11-15(21)14-8-9-24-12-14/h4-9,12,15,21H,10-11H2,1-3H3,(H2,19,20,22). The van der Waals surface area contributed by atoms with Crippen LogP contribution in [0.15, 0.2) is 41.1 Å². The van der Waals surface area contributed by atoms with Gasteiger partial charge in [0.1, 0.15) is 11.4 Å². The molecule has 1 atom stereocenters. The van der Waals surface area contributed by atoms with Crippen LogP contribution in [0.4, 0.5) is 4.79 Å². The fourth-order valence-corrected chi connectivity index (χ4v) is 2.80. The predicted octanol–water partition coefficient (Wildman–Crippen LogP) is 3.46. The van der Waals surface area contributed by atoms with Crippen LogP contribution in [0, 0.1) is 0 Å². The third-order valence-electron chi connectivity index (χ3n) is 3.21. The van der Waals surface area contributed by atoms with E-state index in [-0.39, 0.29) is 18.2 Å². The monoisotopic (exact) mass is 348 g/mol. The second kappa shape index (κ2) is 8.17. The maximum Gasteiger partial charge on any atom is 0.315 e. The van der Waals surface area contributed by atoms with Gasteiger partial charge in [0, 0.05) is 18.7 Å². The van der Waals surface area contributed by atoms with Gasteiger partial charge in [-0.3, -0.25) is 0 Å². The summed E-state index contributed by atoms with van der Waals surface area (Å²) in [6.07, 6.45) is -0.696. The number of carbonyl (C=O) groups excluding carboxylic acids is 1. The summed E-state index contributed by atoms with van der Waals surface area (Å²) in [6, 6.07) is 9.14. The van der Waals surface area contributed by atoms with Gasteiger partial charge in [-0.15, -0.1) is 0 Å². The van der Waals surface area contributed by atoms with E-state index < -0.39 is 6.10 Å². The molecular formula is C18H24N2O3S. The van der Waals surface area contributed by atoms with Crippen molar-refractivity contribution in [2.24, 2.45) is 0 Å². The third kappa shape index (κ3) is 5.86. The van der Waals surface area contributed by atoms with E-state index in [1.165, 1.54) is 11.3 Å². The van der Waals surface area contributed by atoms with Gasteiger partial charge >= 0.3 is 6.03 Å². The Hall–Kier alpha value is -2.05. The lowest BCUT2D eigenvalue weighted by molar-refractivity contribution is 0.129. The van der Waals surface area contributed by atoms with Gasteiger partial charge in [-0.2, -0.15) is 11.3 Å². The van der Waals surface area contributed by atoms with Gasteiger partial charge in [-0.05, 0) is 49.2 Å². The van der Waals surface area contributed by atoms with Gasteiger partial charge in [0.15, 0.2) is 0 Å². The zero-order valence-corrected chi connectivity index (χ0v) is 15.0. The molecule has 3 N–H and O–H groups in total. The van der Waals surface area contributed by atoms with Crippen LogP contribution in [0.1, 0.15) is 38.0 Å². The summed E-state index contributed by atoms with van der Waals surface area (Å²) in [7, 11) is 0. The van der Waals surface area contributed by atoms with E-state index >= 15 is 0 Å². The summed E-state index contributed by atoms with van der Waals surface area (Å²) in [5.74, 6) is 0.753. The maximum absolute atomic E-state index is 11.9. The van der Waals surface area contributed by atoms with Crippen molar-refractivity contribution in [3.63, 3.8) is 0 Å². The molecule has 0 aliphatic carbocycles. The van der Waals surface area contributed by atoms with Crippen molar-refractivity contribution in [3.8, 4) is 5.75 Å². The summed E-state index contributed by atoms with van der Waals surface area (Å²) in [6.45, 7) is 6.47. The summed E-state index contributed by atoms with van der Waals surface area (Å²) in [5.41, 5.74) is 1.41. The van der Waals surface area contributed by atoms with E-state index in [4.69, 9.17) is 4.74 Å². The average molecular weight is 348 g/mol. The van der Waals surface area contributed by atoms with Crippen molar-refractivity contribution in [2.45, 2.75) is 39.0 Å². The minimum absolute atomic E-state index is 0.169. The van der Waals surface area contributed by atoms with Crippen molar-refractivity contribution >= 4 is 17.4 Å². The minimum Gasteiger partial charge on any atom is -0.488 e. The Morgan fingerprint density at radius 3 is 2.67 bits per heavy atom. The van der Waals surface area contributed by atoms with E-state index in [0.29, 0.717) is 6.54 Å². The second-order valence-corrected chi connectivity index (χ2v) is 7.24. The van der Waals surface area contributed by atoms with Crippen LogP contribution in [-0.4, -0.2) is 23.3 Å². The molecule has 0 fully saturated rings. The Balaban J connectivity index is 1.83. The van der Waals surface area contributed by atoms with Gasteiger partial charge in [-0.1, -0.05) is 18.2 Å². The number of hydrogen-bond acceptors (Lipinski definition) is 4. The van der Waals surface area contributed by atoms with Crippen LogP contribution >= 0.6 is 11.3 Å². The van der Waals surface area contributed by atoms with Crippen molar-refractivity contribution in [1.82, 2.24) is 10.6 Å². The molecular weight excluding hydrogens is 324 g/mol. The topological polar surface area (TPSA) is 70.6 Å². The first-order chi connectivity index (χ1) is 11.3. The van der Waals surface area contributed by atoms with Crippen molar-refractivity contribution in [3.05, 3.63) is 52.2 Å². The lowest BCUT2D eigenvalue weighted by Crippen LogP contribution is -2.37. The summed E-state index contributed by atoms with van der Waals surface area (Å²) < 4.78 is 5.90. The van der Waals surface area contributed by atoms with Crippen molar-refractivity contribution in [2.75, 3.05) is 6.54 Å². The molecule has 1 aromatic heterocycles. The number of ether oxygens (including phenoxy) is 1. The van der Waals surface area contributed by atoms with E-state index in [2.05, 4.69) is 10.6 Å². The molecule has 1 unspecified atom stereocenters. The zero-order valence-electron chi connectivity index (χ0n) is 14.2. The van der Waals surface area contributed by atoms with E-state index in [1.807, 2.05) is 61.9 Å². The summed E-state index contributed by atoms with van der Waals surface area (Å²) in [5, 5.41) is 19.2. The number of aliphatic hydroxyl groups excluding tert-OH is 1. The molecule has 2 rings (SSSR count). The van der Waals surface area contributed by atoms with Gasteiger partial charge < -0.3 is 20.5 Å². The molecule has 0 aliphatic heterocycles. The minimum atomic E-state index is -0.696. The molecule has 2 aromatic rings. The second-order valence-electron chi connectivity index (χ2n) is 6.46. The maximum atomic E-state index is 11.9. The van der Waals surface area contributed by atoms with Crippen LogP contribution in [0.5, 0.6) is 5.75 Å². The fourth-order valence-electron chi connectivity index (χ4n) is 2.09. The Bertz CT molecular complexity index is 651. The SMILES string of the molecule is CC(C)(C)Oc1ccccc1CNC(=O)NCC(O)c1ccsc1. The van der Waals surface area contributed by atoms with Crippen LogP contribution in [0.2, 0.25) is 0 Å². The predicted molar refractivity (Wildman–Crippen MR) is 96.3 cm³/mol. The number of aliphatic hydroxyl groups is 1. The largest absolute Gasteiger partial charge is 0.488 e. The highest BCUT2D eigenvalue weighted by Gasteiger charge is 2.15. The molecule has 0 aliphatic rings. The number of benzene rings is 1. The molecule has 24 heavy (non-hydrogen) atoms. The van der Waals surface area contributed by atoms with Gasteiger partial charge in [0.25, 0.3) is 0 Å². The highest BCUT2D eigenvalue weighted by atomic mass is 32.1. The fraction of sp³-hybridized carbons (Fsp3) is 0.389. The molecule has 6 heteroatoms. The highest BCUT2D eigenvalue weighted by molar-refractivity contribution is 7.07. The molecule has 1 aromatic carbocycles. The molecule has 0 saturated heterocycles. The van der Waals surface area contributed by atoms with Crippen LogP contribution < -0.4 is 15.4 Å². The van der Waals surface area contributed by atoms with E-state index in [9.17, 15) is 9.90 Å². The molecule has 0 spiro atoms. The third-order valence-corrected chi connectivity index (χ3v) is 3.91. The Kier molecular flexibility index (Phi) is 6.23. The first kappa shape index (κ1) is 18.3. The number of carbonyl (C=O) groups is 1. The normalized spacial score (nSPS) is 12.5. The number of rotatable bonds is 6. The van der Waals surface area contributed by atoms with Gasteiger partial charge in [0.2, 0.25) is 0 Å². The summed E-state index contributed by atoms with van der Waals surface area (Å²) in [4.78, 5) is 11.9. The number of urea groups is 1.